The number of esters is 1. The second-order valence-electron chi connectivity index (χ2n) is 7.75. The Morgan fingerprint density at radius 3 is 2.39 bits per heavy atom. The molecule has 0 saturated heterocycles. The fourth-order valence-electron chi connectivity index (χ4n) is 3.29. The number of hydrogen-bond donors (Lipinski definition) is 0. The van der Waals surface area contributed by atoms with Crippen LogP contribution in [0, 0.1) is 0 Å². The normalized spacial score (nSPS) is 11.6. The lowest BCUT2D eigenvalue weighted by Crippen LogP contribution is -2.19. The van der Waals surface area contributed by atoms with E-state index in [2.05, 4.69) is 37.5 Å². The molecule has 0 aliphatic heterocycles. The summed E-state index contributed by atoms with van der Waals surface area (Å²) in [6.45, 7) is 11.6. The molecule has 1 aromatic heterocycles. The molecule has 0 aliphatic rings. The first-order valence-electron chi connectivity index (χ1n) is 9.73. The summed E-state index contributed by atoms with van der Waals surface area (Å²) in [4.78, 5) is 17.3. The van der Waals surface area contributed by atoms with E-state index in [-0.39, 0.29) is 11.4 Å². The Morgan fingerprint density at radius 1 is 1.07 bits per heavy atom. The van der Waals surface area contributed by atoms with E-state index in [1.165, 1.54) is 5.56 Å². The SMILES string of the molecule is CCOC(=O)c1cc(OCC)c2nc(C(C)(C)C)n(Cc3ccccc3)c2c1. The average molecular weight is 380 g/mol. The minimum Gasteiger partial charge on any atom is -0.492 e. The maximum atomic E-state index is 12.4. The number of fused-ring (bicyclic) bond motifs is 1. The van der Waals surface area contributed by atoms with Gasteiger partial charge in [-0.05, 0) is 31.5 Å². The van der Waals surface area contributed by atoms with Crippen LogP contribution < -0.4 is 4.74 Å². The Hall–Kier alpha value is -2.82. The lowest BCUT2D eigenvalue weighted by atomic mass is 9.95. The molecule has 0 bridgehead atoms. The Kier molecular flexibility index (Phi) is 5.73. The van der Waals surface area contributed by atoms with E-state index >= 15 is 0 Å². The first-order valence-corrected chi connectivity index (χ1v) is 9.73. The fraction of sp³-hybridized carbons (Fsp3) is 0.391. The molecule has 0 aliphatic carbocycles. The zero-order chi connectivity index (χ0) is 20.3. The van der Waals surface area contributed by atoms with Crippen molar-refractivity contribution in [1.29, 1.82) is 0 Å². The highest BCUT2D eigenvalue weighted by Crippen LogP contribution is 2.33. The molecule has 0 atom stereocenters. The van der Waals surface area contributed by atoms with Gasteiger partial charge in [-0.3, -0.25) is 0 Å². The molecule has 28 heavy (non-hydrogen) atoms. The highest BCUT2D eigenvalue weighted by molar-refractivity contribution is 5.96. The minimum absolute atomic E-state index is 0.165. The van der Waals surface area contributed by atoms with Gasteiger partial charge in [0, 0.05) is 12.0 Å². The predicted octanol–water partition coefficient (Wildman–Crippen LogP) is 4.96. The third-order valence-corrected chi connectivity index (χ3v) is 4.48. The van der Waals surface area contributed by atoms with Crippen molar-refractivity contribution in [3.8, 4) is 5.75 Å². The van der Waals surface area contributed by atoms with Gasteiger partial charge < -0.3 is 14.0 Å². The summed E-state index contributed by atoms with van der Waals surface area (Å²) in [6.07, 6.45) is 0. The van der Waals surface area contributed by atoms with Crippen LogP contribution in [0.25, 0.3) is 11.0 Å². The zero-order valence-electron chi connectivity index (χ0n) is 17.3. The average Bonchev–Trinajstić information content (AvgIpc) is 3.02. The molecule has 5 heteroatoms. The van der Waals surface area contributed by atoms with Crippen molar-refractivity contribution < 1.29 is 14.3 Å². The number of rotatable bonds is 6. The lowest BCUT2D eigenvalue weighted by molar-refractivity contribution is 0.0526. The Bertz CT molecular complexity index is 969. The van der Waals surface area contributed by atoms with E-state index < -0.39 is 0 Å². The van der Waals surface area contributed by atoms with Crippen LogP contribution in [0.3, 0.4) is 0 Å². The van der Waals surface area contributed by atoms with E-state index in [4.69, 9.17) is 14.5 Å². The fourth-order valence-corrected chi connectivity index (χ4v) is 3.29. The molecule has 0 spiro atoms. The molecule has 0 unspecified atom stereocenters. The smallest absolute Gasteiger partial charge is 0.338 e. The molecule has 1 heterocycles. The van der Waals surface area contributed by atoms with Crippen molar-refractivity contribution in [2.45, 2.75) is 46.6 Å². The molecule has 5 nitrogen and oxygen atoms in total. The predicted molar refractivity (Wildman–Crippen MR) is 111 cm³/mol. The number of carbonyl (C=O) groups excluding carboxylic acids is 1. The molecule has 3 rings (SSSR count). The van der Waals surface area contributed by atoms with Crippen LogP contribution >= 0.6 is 0 Å². The van der Waals surface area contributed by atoms with Gasteiger partial charge in [0.05, 0.1) is 24.3 Å². The van der Waals surface area contributed by atoms with Gasteiger partial charge in [0.15, 0.2) is 0 Å². The van der Waals surface area contributed by atoms with Crippen molar-refractivity contribution >= 4 is 17.0 Å². The summed E-state index contributed by atoms with van der Waals surface area (Å²) in [7, 11) is 0. The molecule has 0 amide bonds. The van der Waals surface area contributed by atoms with Crippen molar-refractivity contribution in [1.82, 2.24) is 9.55 Å². The number of ether oxygens (including phenoxy) is 2. The quantitative estimate of drug-likeness (QED) is 0.567. The number of nitrogens with zero attached hydrogens (tertiary/aromatic N) is 2. The van der Waals surface area contributed by atoms with Gasteiger partial charge >= 0.3 is 5.97 Å². The van der Waals surface area contributed by atoms with Crippen LogP contribution in [-0.4, -0.2) is 28.7 Å². The molecule has 0 radical (unpaired) electrons. The van der Waals surface area contributed by atoms with Gasteiger partial charge in [-0.15, -0.1) is 0 Å². The number of benzene rings is 2. The third-order valence-electron chi connectivity index (χ3n) is 4.48. The second-order valence-corrected chi connectivity index (χ2v) is 7.75. The van der Waals surface area contributed by atoms with Gasteiger partial charge in [0.2, 0.25) is 0 Å². The number of carbonyl (C=O) groups is 1. The summed E-state index contributed by atoms with van der Waals surface area (Å²) >= 11 is 0. The molecular formula is C23H28N2O3. The van der Waals surface area contributed by atoms with Crippen molar-refractivity contribution in [3.05, 3.63) is 59.4 Å². The van der Waals surface area contributed by atoms with Gasteiger partial charge in [-0.2, -0.15) is 0 Å². The Morgan fingerprint density at radius 2 is 1.79 bits per heavy atom. The Labute approximate surface area is 166 Å². The van der Waals surface area contributed by atoms with E-state index in [0.717, 1.165) is 16.9 Å². The number of aromatic nitrogens is 2. The van der Waals surface area contributed by atoms with E-state index in [9.17, 15) is 4.79 Å². The van der Waals surface area contributed by atoms with Crippen molar-refractivity contribution in [2.75, 3.05) is 13.2 Å². The molecule has 148 valence electrons. The van der Waals surface area contributed by atoms with Crippen LogP contribution in [0.5, 0.6) is 5.75 Å². The topological polar surface area (TPSA) is 53.4 Å². The van der Waals surface area contributed by atoms with Crippen LogP contribution in [0.1, 0.15) is 56.4 Å². The number of hydrogen-bond acceptors (Lipinski definition) is 4. The largest absolute Gasteiger partial charge is 0.492 e. The minimum atomic E-state index is -0.352. The van der Waals surface area contributed by atoms with Crippen LogP contribution in [0.15, 0.2) is 42.5 Å². The van der Waals surface area contributed by atoms with Crippen LogP contribution in [0.4, 0.5) is 0 Å². The van der Waals surface area contributed by atoms with Crippen LogP contribution in [-0.2, 0) is 16.7 Å². The Balaban J connectivity index is 2.25. The monoisotopic (exact) mass is 380 g/mol. The first kappa shape index (κ1) is 19.9. The lowest BCUT2D eigenvalue weighted by Gasteiger charge is -2.20. The highest BCUT2D eigenvalue weighted by Gasteiger charge is 2.26. The summed E-state index contributed by atoms with van der Waals surface area (Å²) in [5.41, 5.74) is 3.14. The molecule has 2 aromatic carbocycles. The summed E-state index contributed by atoms with van der Waals surface area (Å²) in [5, 5.41) is 0. The maximum Gasteiger partial charge on any atom is 0.338 e. The first-order chi connectivity index (χ1) is 13.3. The zero-order valence-corrected chi connectivity index (χ0v) is 17.3. The molecule has 3 aromatic rings. The molecule has 0 fully saturated rings. The van der Waals surface area contributed by atoms with Crippen LogP contribution in [0.2, 0.25) is 0 Å². The highest BCUT2D eigenvalue weighted by atomic mass is 16.5. The maximum absolute atomic E-state index is 12.4. The summed E-state index contributed by atoms with van der Waals surface area (Å²) in [5.74, 6) is 1.21. The molecular weight excluding hydrogens is 352 g/mol. The van der Waals surface area contributed by atoms with E-state index in [0.29, 0.717) is 31.1 Å². The summed E-state index contributed by atoms with van der Waals surface area (Å²) < 4.78 is 13.2. The third kappa shape index (κ3) is 4.03. The van der Waals surface area contributed by atoms with Gasteiger partial charge in [0.1, 0.15) is 17.1 Å². The van der Waals surface area contributed by atoms with Gasteiger partial charge in [-0.1, -0.05) is 51.1 Å². The summed E-state index contributed by atoms with van der Waals surface area (Å²) in [6, 6.07) is 13.8. The number of imidazole rings is 1. The van der Waals surface area contributed by atoms with Gasteiger partial charge in [-0.25, -0.2) is 9.78 Å². The van der Waals surface area contributed by atoms with E-state index in [1.54, 1.807) is 13.0 Å². The van der Waals surface area contributed by atoms with Crippen molar-refractivity contribution in [3.63, 3.8) is 0 Å². The van der Waals surface area contributed by atoms with Gasteiger partial charge in [0.25, 0.3) is 0 Å². The second kappa shape index (κ2) is 8.05. The molecule has 0 N–H and O–H groups in total. The van der Waals surface area contributed by atoms with E-state index in [1.807, 2.05) is 31.2 Å². The molecule has 0 saturated carbocycles. The van der Waals surface area contributed by atoms with Crippen molar-refractivity contribution in [2.24, 2.45) is 0 Å². The standard InChI is InChI=1S/C23H28N2O3/c1-6-27-19-14-17(21(26)28-7-2)13-18-20(19)24-22(23(3,4)5)25(18)15-16-11-9-8-10-12-16/h8-14H,6-7,15H2,1-5H3.